The number of hydrogen-bond donors (Lipinski definition) is 0. The van der Waals surface area contributed by atoms with E-state index in [4.69, 9.17) is 4.74 Å². The molecule has 7 heteroatoms. The molecule has 7 nitrogen and oxygen atoms in total. The van der Waals surface area contributed by atoms with Gasteiger partial charge in [-0.05, 0) is 33.6 Å². The maximum atomic E-state index is 12.1. The second-order valence-corrected chi connectivity index (χ2v) is 5.55. The summed E-state index contributed by atoms with van der Waals surface area (Å²) in [5, 5.41) is 0. The Morgan fingerprint density at radius 3 is 2.35 bits per heavy atom. The quantitative estimate of drug-likeness (QED) is 0.425. The van der Waals surface area contributed by atoms with Crippen molar-refractivity contribution >= 4 is 24.3 Å². The lowest BCUT2D eigenvalue weighted by Gasteiger charge is -2.35. The lowest BCUT2D eigenvalue weighted by molar-refractivity contribution is -0.157. The summed E-state index contributed by atoms with van der Waals surface area (Å²) in [5.74, 6) is -2.35. The summed E-state index contributed by atoms with van der Waals surface area (Å²) in [7, 11) is 1.17. The van der Waals surface area contributed by atoms with E-state index in [1.807, 2.05) is 0 Å². The molecule has 20 heavy (non-hydrogen) atoms. The first-order chi connectivity index (χ1) is 9.21. The molecule has 0 aromatic carbocycles. The van der Waals surface area contributed by atoms with E-state index in [1.54, 1.807) is 20.8 Å². The molecule has 2 amide bonds. The maximum Gasteiger partial charge on any atom is 0.417 e. The zero-order valence-corrected chi connectivity index (χ0v) is 12.0. The van der Waals surface area contributed by atoms with Gasteiger partial charge in [0, 0.05) is 0 Å². The van der Waals surface area contributed by atoms with Crippen molar-refractivity contribution in [2.24, 2.45) is 5.92 Å². The largest absolute Gasteiger partial charge is 0.467 e. The van der Waals surface area contributed by atoms with Crippen molar-refractivity contribution in [3.05, 3.63) is 0 Å². The van der Waals surface area contributed by atoms with E-state index < -0.39 is 35.5 Å². The highest BCUT2D eigenvalue weighted by molar-refractivity contribution is 6.03. The Hall–Kier alpha value is -1.92. The number of esters is 1. The molecule has 0 radical (unpaired) electrons. The number of nitrogens with zero attached hydrogens (tertiary/aromatic N) is 1. The minimum Gasteiger partial charge on any atom is -0.467 e. The van der Waals surface area contributed by atoms with Crippen LogP contribution in [0.25, 0.3) is 0 Å². The van der Waals surface area contributed by atoms with Gasteiger partial charge in [-0.15, -0.1) is 0 Å². The van der Waals surface area contributed by atoms with Crippen LogP contribution in [0, 0.1) is 5.92 Å². The molecule has 1 fully saturated rings. The van der Waals surface area contributed by atoms with Crippen molar-refractivity contribution in [1.82, 2.24) is 4.90 Å². The highest BCUT2D eigenvalue weighted by Crippen LogP contribution is 2.25. The molecule has 1 aliphatic heterocycles. The van der Waals surface area contributed by atoms with Gasteiger partial charge in [-0.2, -0.15) is 0 Å². The summed E-state index contributed by atoms with van der Waals surface area (Å²) in [6.07, 6.45) is -0.0696. The first kappa shape index (κ1) is 16.1. The highest BCUT2D eigenvalue weighted by Gasteiger charge is 2.44. The number of amides is 2. The zero-order valence-electron chi connectivity index (χ0n) is 12.0. The standard InChI is InChI=1S/C13H19NO6/c1-13(2,3)20-12(18)14-9(11(17)19-4)6-5-8(7-15)10(14)16/h7-9H,5-6H2,1-4H3/t8?,9-/m0/s1. The summed E-state index contributed by atoms with van der Waals surface area (Å²) in [6.45, 7) is 4.93. The van der Waals surface area contributed by atoms with Crippen LogP contribution in [-0.4, -0.2) is 47.9 Å². The van der Waals surface area contributed by atoms with Gasteiger partial charge in [0.25, 0.3) is 0 Å². The predicted molar refractivity (Wildman–Crippen MR) is 67.7 cm³/mol. The third-order valence-electron chi connectivity index (χ3n) is 2.85. The summed E-state index contributed by atoms with van der Waals surface area (Å²) >= 11 is 0. The summed E-state index contributed by atoms with van der Waals surface area (Å²) in [6, 6.07) is -1.04. The van der Waals surface area contributed by atoms with Crippen LogP contribution in [0.1, 0.15) is 33.6 Å². The maximum absolute atomic E-state index is 12.1. The van der Waals surface area contributed by atoms with Gasteiger partial charge < -0.3 is 14.3 Å². The van der Waals surface area contributed by atoms with Gasteiger partial charge in [0.15, 0.2) is 0 Å². The highest BCUT2D eigenvalue weighted by atomic mass is 16.6. The molecular formula is C13H19NO6. The summed E-state index contributed by atoms with van der Waals surface area (Å²) in [5.41, 5.74) is -0.813. The van der Waals surface area contributed by atoms with Crippen molar-refractivity contribution in [3.63, 3.8) is 0 Å². The number of imide groups is 1. The van der Waals surface area contributed by atoms with Crippen LogP contribution >= 0.6 is 0 Å². The van der Waals surface area contributed by atoms with E-state index in [-0.39, 0.29) is 12.8 Å². The molecule has 0 aromatic rings. The summed E-state index contributed by atoms with van der Waals surface area (Å²) < 4.78 is 9.70. The molecule has 0 bridgehead atoms. The second-order valence-electron chi connectivity index (χ2n) is 5.55. The monoisotopic (exact) mass is 285 g/mol. The fourth-order valence-corrected chi connectivity index (χ4v) is 1.94. The second kappa shape index (κ2) is 6.02. The third-order valence-corrected chi connectivity index (χ3v) is 2.85. The van der Waals surface area contributed by atoms with Crippen LogP contribution < -0.4 is 0 Å². The van der Waals surface area contributed by atoms with Crippen molar-refractivity contribution in [1.29, 1.82) is 0 Å². The molecule has 1 aliphatic rings. The fraction of sp³-hybridized carbons (Fsp3) is 0.692. The number of hydrogen-bond acceptors (Lipinski definition) is 6. The number of ether oxygens (including phenoxy) is 2. The van der Waals surface area contributed by atoms with Gasteiger partial charge in [-0.3, -0.25) is 4.79 Å². The molecule has 1 unspecified atom stereocenters. The summed E-state index contributed by atoms with van der Waals surface area (Å²) in [4.78, 5) is 47.4. The van der Waals surface area contributed by atoms with Gasteiger partial charge in [0.05, 0.1) is 13.0 Å². The van der Waals surface area contributed by atoms with Crippen molar-refractivity contribution in [2.45, 2.75) is 45.3 Å². The van der Waals surface area contributed by atoms with Gasteiger partial charge in [-0.25, -0.2) is 14.5 Å². The van der Waals surface area contributed by atoms with E-state index in [9.17, 15) is 19.2 Å². The molecule has 2 atom stereocenters. The first-order valence-electron chi connectivity index (χ1n) is 6.30. The lowest BCUT2D eigenvalue weighted by Crippen LogP contribution is -2.55. The Bertz CT molecular complexity index is 425. The molecule has 1 saturated heterocycles. The van der Waals surface area contributed by atoms with E-state index in [0.717, 1.165) is 0 Å². The van der Waals surface area contributed by atoms with Crippen molar-refractivity contribution in [2.75, 3.05) is 7.11 Å². The molecule has 112 valence electrons. The average Bonchev–Trinajstić information content (AvgIpc) is 2.35. The Kier molecular flexibility index (Phi) is 4.86. The lowest BCUT2D eigenvalue weighted by atomic mass is 9.93. The van der Waals surface area contributed by atoms with Gasteiger partial charge in [0.2, 0.25) is 5.91 Å². The Morgan fingerprint density at radius 1 is 1.30 bits per heavy atom. The number of likely N-dealkylation sites (tertiary alicyclic amines) is 1. The number of carbonyl (C=O) groups is 4. The van der Waals surface area contributed by atoms with Crippen molar-refractivity contribution < 1.29 is 28.7 Å². The normalized spacial score (nSPS) is 23.2. The Labute approximate surface area is 117 Å². The third kappa shape index (κ3) is 3.55. The van der Waals surface area contributed by atoms with E-state index >= 15 is 0 Å². The number of rotatable bonds is 2. The Balaban J connectivity index is 3.03. The van der Waals surface area contributed by atoms with Gasteiger partial charge in [-0.1, -0.05) is 0 Å². The molecule has 0 aromatic heterocycles. The number of piperidine rings is 1. The average molecular weight is 285 g/mol. The van der Waals surface area contributed by atoms with E-state index in [1.165, 1.54) is 7.11 Å². The van der Waals surface area contributed by atoms with Crippen LogP contribution in [0.4, 0.5) is 4.79 Å². The van der Waals surface area contributed by atoms with Crippen LogP contribution in [0.15, 0.2) is 0 Å². The molecule has 0 N–H and O–H groups in total. The molecule has 0 saturated carbocycles. The first-order valence-corrected chi connectivity index (χ1v) is 6.30. The van der Waals surface area contributed by atoms with Crippen LogP contribution in [0.3, 0.4) is 0 Å². The van der Waals surface area contributed by atoms with Crippen molar-refractivity contribution in [3.8, 4) is 0 Å². The fourth-order valence-electron chi connectivity index (χ4n) is 1.94. The SMILES string of the molecule is COC(=O)[C@@H]1CCC(C=O)C(=O)N1C(=O)OC(C)(C)C. The van der Waals surface area contributed by atoms with Crippen LogP contribution in [-0.2, 0) is 23.9 Å². The van der Waals surface area contributed by atoms with Gasteiger partial charge in [0.1, 0.15) is 17.9 Å². The van der Waals surface area contributed by atoms with Crippen LogP contribution in [0.2, 0.25) is 0 Å². The topological polar surface area (TPSA) is 90.0 Å². The number of aldehydes is 1. The minimum absolute atomic E-state index is 0.182. The van der Waals surface area contributed by atoms with Gasteiger partial charge >= 0.3 is 12.1 Å². The predicted octanol–water partition coefficient (Wildman–Crippen LogP) is 0.901. The smallest absolute Gasteiger partial charge is 0.417 e. The van der Waals surface area contributed by atoms with E-state index in [0.29, 0.717) is 11.2 Å². The van der Waals surface area contributed by atoms with E-state index in [2.05, 4.69) is 4.74 Å². The minimum atomic E-state index is -1.04. The number of methoxy groups -OCH3 is 1. The molecule has 0 aliphatic carbocycles. The molecular weight excluding hydrogens is 266 g/mol. The number of carbonyl (C=O) groups excluding carboxylic acids is 4. The molecule has 0 spiro atoms. The molecule has 1 heterocycles. The zero-order chi connectivity index (χ0) is 15.5. The van der Waals surface area contributed by atoms with Crippen LogP contribution in [0.5, 0.6) is 0 Å². The Morgan fingerprint density at radius 2 is 1.90 bits per heavy atom. The molecule has 1 rings (SSSR count).